The number of anilines is 2. The van der Waals surface area contributed by atoms with Gasteiger partial charge in [0.15, 0.2) is 3.92 Å². The van der Waals surface area contributed by atoms with Crippen molar-refractivity contribution in [1.82, 2.24) is 9.71 Å². The van der Waals surface area contributed by atoms with E-state index in [4.69, 9.17) is 0 Å². The van der Waals surface area contributed by atoms with Crippen LogP contribution < -0.4 is 14.9 Å². The van der Waals surface area contributed by atoms with Crippen molar-refractivity contribution in [1.29, 1.82) is 0 Å². The zero-order chi connectivity index (χ0) is 18.7. The molecule has 1 aromatic heterocycles. The number of hydrogen-bond acceptors (Lipinski definition) is 6. The van der Waals surface area contributed by atoms with Crippen molar-refractivity contribution in [3.8, 4) is 0 Å². The molecule has 0 saturated carbocycles. The van der Waals surface area contributed by atoms with E-state index in [-0.39, 0.29) is 11.9 Å². The van der Waals surface area contributed by atoms with Crippen LogP contribution >= 0.6 is 27.3 Å². The fourth-order valence-electron chi connectivity index (χ4n) is 2.94. The molecule has 1 aliphatic rings. The number of para-hydroxylation sites is 2. The van der Waals surface area contributed by atoms with Crippen LogP contribution in [0.2, 0.25) is 0 Å². The molecule has 0 bridgehead atoms. The van der Waals surface area contributed by atoms with Gasteiger partial charge in [-0.05, 0) is 40.9 Å². The summed E-state index contributed by atoms with van der Waals surface area (Å²) in [4.78, 5) is 18.7. The average molecular weight is 459 g/mol. The standard InChI is InChI=1S/C16H19BrN4O3S2/c1-26(23,24)20-11-6-8-21(9-7-11)14-5-3-2-4-12(14)18-15(22)13-10-25-16(17)19-13/h2-5,10-11,20H,6-9H2,1H3,(H,18,22). The fraction of sp³-hybridized carbons (Fsp3) is 0.375. The van der Waals surface area contributed by atoms with Gasteiger partial charge in [0.05, 0.1) is 17.6 Å². The van der Waals surface area contributed by atoms with E-state index < -0.39 is 10.0 Å². The number of sulfonamides is 1. The van der Waals surface area contributed by atoms with Crippen LogP contribution in [0, 0.1) is 0 Å². The number of nitrogens with one attached hydrogen (secondary N) is 2. The lowest BCUT2D eigenvalue weighted by molar-refractivity contribution is 0.102. The first-order valence-corrected chi connectivity index (χ1v) is 11.6. The van der Waals surface area contributed by atoms with Crippen molar-refractivity contribution in [3.05, 3.63) is 39.3 Å². The molecule has 0 atom stereocenters. The van der Waals surface area contributed by atoms with Crippen LogP contribution in [-0.4, -0.2) is 44.7 Å². The normalized spacial score (nSPS) is 15.8. The Morgan fingerprint density at radius 2 is 2.00 bits per heavy atom. The van der Waals surface area contributed by atoms with Gasteiger partial charge in [-0.1, -0.05) is 12.1 Å². The maximum absolute atomic E-state index is 12.4. The van der Waals surface area contributed by atoms with Crippen LogP contribution in [0.15, 0.2) is 33.6 Å². The van der Waals surface area contributed by atoms with E-state index in [0.29, 0.717) is 35.5 Å². The molecule has 0 spiro atoms. The predicted molar refractivity (Wildman–Crippen MR) is 107 cm³/mol. The predicted octanol–water partition coefficient (Wildman–Crippen LogP) is 2.68. The molecule has 0 aliphatic carbocycles. The SMILES string of the molecule is CS(=O)(=O)NC1CCN(c2ccccc2NC(=O)c2csc(Br)n2)CC1. The van der Waals surface area contributed by atoms with Gasteiger partial charge in [0.2, 0.25) is 10.0 Å². The molecule has 7 nitrogen and oxygen atoms in total. The molecule has 2 heterocycles. The number of thiazole rings is 1. The number of halogens is 1. The maximum Gasteiger partial charge on any atom is 0.275 e. The van der Waals surface area contributed by atoms with E-state index in [1.54, 1.807) is 5.38 Å². The van der Waals surface area contributed by atoms with Crippen LogP contribution in [0.4, 0.5) is 11.4 Å². The highest BCUT2D eigenvalue weighted by Gasteiger charge is 2.23. The summed E-state index contributed by atoms with van der Waals surface area (Å²) in [5, 5.41) is 4.62. The quantitative estimate of drug-likeness (QED) is 0.718. The Hall–Kier alpha value is -1.49. The first-order chi connectivity index (χ1) is 12.3. The van der Waals surface area contributed by atoms with Crippen molar-refractivity contribution in [2.45, 2.75) is 18.9 Å². The number of hydrogen-bond donors (Lipinski definition) is 2. The number of benzene rings is 1. The monoisotopic (exact) mass is 458 g/mol. The Kier molecular flexibility index (Phi) is 5.96. The van der Waals surface area contributed by atoms with Crippen LogP contribution in [-0.2, 0) is 10.0 Å². The average Bonchev–Trinajstić information content (AvgIpc) is 3.01. The van der Waals surface area contributed by atoms with Gasteiger partial charge >= 0.3 is 0 Å². The van der Waals surface area contributed by atoms with Gasteiger partial charge in [0, 0.05) is 24.5 Å². The van der Waals surface area contributed by atoms with Crippen molar-refractivity contribution in [2.24, 2.45) is 0 Å². The van der Waals surface area contributed by atoms with Crippen LogP contribution in [0.5, 0.6) is 0 Å². The highest BCUT2D eigenvalue weighted by Crippen LogP contribution is 2.29. The summed E-state index contributed by atoms with van der Waals surface area (Å²) < 4.78 is 26.1. The number of rotatable bonds is 5. The minimum Gasteiger partial charge on any atom is -0.370 e. The van der Waals surface area contributed by atoms with Crippen molar-refractivity contribution in [2.75, 3.05) is 29.6 Å². The summed E-state index contributed by atoms with van der Waals surface area (Å²) >= 11 is 4.62. The van der Waals surface area contributed by atoms with Crippen LogP contribution in [0.3, 0.4) is 0 Å². The Balaban J connectivity index is 1.69. The molecule has 1 saturated heterocycles. The first kappa shape index (κ1) is 19.3. The molecule has 0 radical (unpaired) electrons. The number of piperidine rings is 1. The lowest BCUT2D eigenvalue weighted by Gasteiger charge is -2.34. The van der Waals surface area contributed by atoms with Crippen molar-refractivity contribution in [3.63, 3.8) is 0 Å². The molecule has 26 heavy (non-hydrogen) atoms. The smallest absolute Gasteiger partial charge is 0.275 e. The molecule has 2 N–H and O–H groups in total. The number of amides is 1. The summed E-state index contributed by atoms with van der Waals surface area (Å²) in [7, 11) is -3.19. The van der Waals surface area contributed by atoms with Gasteiger partial charge in [0.1, 0.15) is 5.69 Å². The maximum atomic E-state index is 12.4. The Morgan fingerprint density at radius 1 is 1.31 bits per heavy atom. The van der Waals surface area contributed by atoms with Gasteiger partial charge in [-0.15, -0.1) is 11.3 Å². The zero-order valence-electron chi connectivity index (χ0n) is 14.1. The van der Waals surface area contributed by atoms with E-state index in [0.717, 1.165) is 11.4 Å². The molecule has 1 amide bonds. The third-order valence-corrected chi connectivity index (χ3v) is 6.20. The Bertz CT molecular complexity index is 892. The van der Waals surface area contributed by atoms with E-state index >= 15 is 0 Å². The van der Waals surface area contributed by atoms with E-state index in [1.807, 2.05) is 24.3 Å². The summed E-state index contributed by atoms with van der Waals surface area (Å²) in [5.74, 6) is -0.256. The number of carbonyl (C=O) groups is 1. The summed E-state index contributed by atoms with van der Waals surface area (Å²) in [6.45, 7) is 1.42. The minimum absolute atomic E-state index is 0.0460. The summed E-state index contributed by atoms with van der Waals surface area (Å²) in [6, 6.07) is 7.56. The fourth-order valence-corrected chi connectivity index (χ4v) is 4.77. The van der Waals surface area contributed by atoms with Crippen molar-refractivity contribution < 1.29 is 13.2 Å². The molecule has 1 fully saturated rings. The van der Waals surface area contributed by atoms with E-state index in [1.165, 1.54) is 17.6 Å². The van der Waals surface area contributed by atoms with E-state index in [2.05, 4.69) is 35.9 Å². The second-order valence-corrected chi connectivity index (χ2v) is 10.0. The first-order valence-electron chi connectivity index (χ1n) is 8.05. The van der Waals surface area contributed by atoms with E-state index in [9.17, 15) is 13.2 Å². The van der Waals surface area contributed by atoms with Gasteiger partial charge < -0.3 is 10.2 Å². The Labute approximate surface area is 165 Å². The zero-order valence-corrected chi connectivity index (χ0v) is 17.3. The molecule has 140 valence electrons. The molecule has 3 rings (SSSR count). The minimum atomic E-state index is -3.19. The lowest BCUT2D eigenvalue weighted by Crippen LogP contribution is -2.44. The second-order valence-electron chi connectivity index (χ2n) is 6.11. The highest BCUT2D eigenvalue weighted by molar-refractivity contribution is 9.11. The third-order valence-electron chi connectivity index (χ3n) is 4.08. The van der Waals surface area contributed by atoms with Gasteiger partial charge in [-0.2, -0.15) is 0 Å². The third kappa shape index (κ3) is 5.03. The molecule has 2 aromatic rings. The van der Waals surface area contributed by atoms with Crippen LogP contribution in [0.1, 0.15) is 23.3 Å². The number of carbonyl (C=O) groups excluding carboxylic acids is 1. The van der Waals surface area contributed by atoms with Gasteiger partial charge in [-0.3, -0.25) is 4.79 Å². The largest absolute Gasteiger partial charge is 0.370 e. The Morgan fingerprint density at radius 3 is 2.62 bits per heavy atom. The van der Waals surface area contributed by atoms with Gasteiger partial charge in [0.25, 0.3) is 5.91 Å². The summed E-state index contributed by atoms with van der Waals surface area (Å²) in [6.07, 6.45) is 2.61. The molecular formula is C16H19BrN4O3S2. The second kappa shape index (κ2) is 8.03. The number of aromatic nitrogens is 1. The topological polar surface area (TPSA) is 91.4 Å². The molecular weight excluding hydrogens is 440 g/mol. The lowest BCUT2D eigenvalue weighted by atomic mass is 10.0. The summed E-state index contributed by atoms with van der Waals surface area (Å²) in [5.41, 5.74) is 2.01. The highest BCUT2D eigenvalue weighted by atomic mass is 79.9. The molecule has 1 aliphatic heterocycles. The van der Waals surface area contributed by atoms with Gasteiger partial charge in [-0.25, -0.2) is 18.1 Å². The number of nitrogens with zero attached hydrogens (tertiary/aromatic N) is 2. The van der Waals surface area contributed by atoms with Crippen molar-refractivity contribution >= 4 is 54.6 Å². The molecule has 10 heteroatoms. The molecule has 1 aromatic carbocycles. The molecule has 0 unspecified atom stereocenters. The van der Waals surface area contributed by atoms with Crippen LogP contribution in [0.25, 0.3) is 0 Å².